The molecule has 0 amide bonds. The van der Waals surface area contributed by atoms with E-state index in [2.05, 4.69) is 47.6 Å². The summed E-state index contributed by atoms with van der Waals surface area (Å²) in [5, 5.41) is 4.81. The Kier molecular flexibility index (Phi) is 5.00. The molecule has 0 saturated carbocycles. The van der Waals surface area contributed by atoms with E-state index in [1.165, 1.54) is 17.1 Å². The van der Waals surface area contributed by atoms with Crippen LogP contribution in [0.5, 0.6) is 0 Å². The molecule has 6 heteroatoms. The third-order valence-corrected chi connectivity index (χ3v) is 5.33. The van der Waals surface area contributed by atoms with Crippen LogP contribution in [0.2, 0.25) is 0 Å². The van der Waals surface area contributed by atoms with Gasteiger partial charge in [0.25, 0.3) is 0 Å². The second-order valence-electron chi connectivity index (χ2n) is 5.59. The summed E-state index contributed by atoms with van der Waals surface area (Å²) in [6.07, 6.45) is 0. The Labute approximate surface area is 141 Å². The first-order valence-corrected chi connectivity index (χ1v) is 9.30. The van der Waals surface area contributed by atoms with Crippen LogP contribution in [0, 0.1) is 11.7 Å². The summed E-state index contributed by atoms with van der Waals surface area (Å²) >= 11 is 7.67. The normalized spacial score (nSPS) is 16.1. The fourth-order valence-electron chi connectivity index (χ4n) is 2.75. The summed E-state index contributed by atoms with van der Waals surface area (Å²) in [5.74, 6) is 3.38. The lowest BCUT2D eigenvalue weighted by atomic mass is 10.1. The molecule has 1 saturated heterocycles. The SMILES string of the molecule is CCn1c(-c2cccc(C)c2)nn(CN2CCSCC2)c1=S. The van der Waals surface area contributed by atoms with E-state index in [4.69, 9.17) is 17.3 Å². The van der Waals surface area contributed by atoms with Gasteiger partial charge in [-0.15, -0.1) is 0 Å². The second kappa shape index (κ2) is 6.98. The van der Waals surface area contributed by atoms with Crippen molar-refractivity contribution in [2.24, 2.45) is 0 Å². The molecule has 22 heavy (non-hydrogen) atoms. The average molecular weight is 335 g/mol. The first-order valence-electron chi connectivity index (χ1n) is 7.74. The predicted molar refractivity (Wildman–Crippen MR) is 95.8 cm³/mol. The first kappa shape index (κ1) is 15.8. The average Bonchev–Trinajstić information content (AvgIpc) is 2.84. The molecule has 1 aliphatic rings. The number of aromatic nitrogens is 3. The molecule has 0 spiro atoms. The highest BCUT2D eigenvalue weighted by Crippen LogP contribution is 2.20. The van der Waals surface area contributed by atoms with Gasteiger partial charge in [0.2, 0.25) is 0 Å². The van der Waals surface area contributed by atoms with Crippen molar-refractivity contribution < 1.29 is 0 Å². The van der Waals surface area contributed by atoms with Crippen LogP contribution in [-0.2, 0) is 13.2 Å². The minimum atomic E-state index is 0.797. The van der Waals surface area contributed by atoms with Crippen LogP contribution in [0.25, 0.3) is 11.4 Å². The lowest BCUT2D eigenvalue weighted by molar-refractivity contribution is 0.226. The maximum absolute atomic E-state index is 5.64. The molecule has 0 atom stereocenters. The molecule has 118 valence electrons. The molecule has 4 nitrogen and oxygen atoms in total. The summed E-state index contributed by atoms with van der Waals surface area (Å²) in [6, 6.07) is 8.47. The van der Waals surface area contributed by atoms with Crippen LogP contribution in [0.15, 0.2) is 24.3 Å². The van der Waals surface area contributed by atoms with E-state index < -0.39 is 0 Å². The Balaban J connectivity index is 1.94. The van der Waals surface area contributed by atoms with E-state index in [0.717, 1.165) is 42.5 Å². The Morgan fingerprint density at radius 1 is 1.27 bits per heavy atom. The summed E-state index contributed by atoms with van der Waals surface area (Å²) < 4.78 is 4.92. The summed E-state index contributed by atoms with van der Waals surface area (Å²) in [5.41, 5.74) is 2.38. The minimum absolute atomic E-state index is 0.797. The van der Waals surface area contributed by atoms with Crippen molar-refractivity contribution in [2.75, 3.05) is 24.6 Å². The molecular formula is C16H22N4S2. The predicted octanol–water partition coefficient (Wildman–Crippen LogP) is 3.42. The van der Waals surface area contributed by atoms with E-state index in [1.807, 2.05) is 16.4 Å². The van der Waals surface area contributed by atoms with Crippen LogP contribution in [0.3, 0.4) is 0 Å². The fourth-order valence-corrected chi connectivity index (χ4v) is 4.04. The zero-order valence-corrected chi connectivity index (χ0v) is 14.8. The standard InChI is InChI=1S/C16H22N4S2/c1-3-19-15(14-6-4-5-13(2)11-14)17-20(16(19)21)12-18-7-9-22-10-8-18/h4-6,11H,3,7-10,12H2,1-2H3. The van der Waals surface area contributed by atoms with Crippen molar-refractivity contribution in [1.29, 1.82) is 0 Å². The zero-order valence-electron chi connectivity index (χ0n) is 13.2. The molecule has 0 radical (unpaired) electrons. The molecule has 1 fully saturated rings. The van der Waals surface area contributed by atoms with Crippen molar-refractivity contribution in [1.82, 2.24) is 19.2 Å². The van der Waals surface area contributed by atoms with Gasteiger partial charge in [0, 0.05) is 36.7 Å². The number of hydrogen-bond donors (Lipinski definition) is 0. The molecule has 1 aliphatic heterocycles. The lowest BCUT2D eigenvalue weighted by Crippen LogP contribution is -2.34. The molecule has 0 bridgehead atoms. The second-order valence-corrected chi connectivity index (χ2v) is 7.18. The maximum Gasteiger partial charge on any atom is 0.199 e. The highest BCUT2D eigenvalue weighted by atomic mass is 32.2. The Bertz CT molecular complexity index is 698. The van der Waals surface area contributed by atoms with Crippen molar-refractivity contribution in [2.45, 2.75) is 27.1 Å². The van der Waals surface area contributed by atoms with Crippen LogP contribution in [-0.4, -0.2) is 43.8 Å². The molecule has 1 aromatic heterocycles. The lowest BCUT2D eigenvalue weighted by Gasteiger charge is -2.25. The minimum Gasteiger partial charge on any atom is -0.300 e. The molecule has 0 aliphatic carbocycles. The van der Waals surface area contributed by atoms with Crippen molar-refractivity contribution in [3.63, 3.8) is 0 Å². The molecule has 0 N–H and O–H groups in total. The van der Waals surface area contributed by atoms with Crippen molar-refractivity contribution >= 4 is 24.0 Å². The summed E-state index contributed by atoms with van der Waals surface area (Å²) in [6.45, 7) is 8.11. The van der Waals surface area contributed by atoms with Gasteiger partial charge in [0.1, 0.15) is 0 Å². The van der Waals surface area contributed by atoms with Gasteiger partial charge in [-0.1, -0.05) is 23.8 Å². The quantitative estimate of drug-likeness (QED) is 0.800. The zero-order chi connectivity index (χ0) is 15.5. The summed E-state index contributed by atoms with van der Waals surface area (Å²) in [7, 11) is 0. The number of rotatable bonds is 4. The van der Waals surface area contributed by atoms with Crippen LogP contribution in [0.1, 0.15) is 12.5 Å². The fraction of sp³-hybridized carbons (Fsp3) is 0.500. The van der Waals surface area contributed by atoms with E-state index in [9.17, 15) is 0 Å². The molecular weight excluding hydrogens is 312 g/mol. The molecule has 1 aromatic carbocycles. The van der Waals surface area contributed by atoms with Gasteiger partial charge in [0.15, 0.2) is 10.6 Å². The number of nitrogens with zero attached hydrogens (tertiary/aromatic N) is 4. The van der Waals surface area contributed by atoms with Crippen LogP contribution < -0.4 is 0 Å². The van der Waals surface area contributed by atoms with E-state index in [-0.39, 0.29) is 0 Å². The molecule has 2 heterocycles. The van der Waals surface area contributed by atoms with Gasteiger partial charge in [-0.05, 0) is 32.1 Å². The maximum atomic E-state index is 5.64. The van der Waals surface area contributed by atoms with Crippen molar-refractivity contribution in [3.05, 3.63) is 34.6 Å². The number of aryl methyl sites for hydroxylation is 1. The van der Waals surface area contributed by atoms with E-state index in [0.29, 0.717) is 0 Å². The Morgan fingerprint density at radius 2 is 2.05 bits per heavy atom. The number of thioether (sulfide) groups is 1. The van der Waals surface area contributed by atoms with Crippen LogP contribution >= 0.6 is 24.0 Å². The number of hydrogen-bond acceptors (Lipinski definition) is 4. The van der Waals surface area contributed by atoms with E-state index in [1.54, 1.807) is 0 Å². The Hall–Kier alpha value is -1.11. The van der Waals surface area contributed by atoms with E-state index >= 15 is 0 Å². The monoisotopic (exact) mass is 334 g/mol. The third-order valence-electron chi connectivity index (χ3n) is 3.95. The number of benzene rings is 1. The molecule has 0 unspecified atom stereocenters. The summed E-state index contributed by atoms with van der Waals surface area (Å²) in [4.78, 5) is 2.43. The Morgan fingerprint density at radius 3 is 2.73 bits per heavy atom. The molecule has 3 rings (SSSR count). The van der Waals surface area contributed by atoms with Crippen molar-refractivity contribution in [3.8, 4) is 11.4 Å². The highest BCUT2D eigenvalue weighted by molar-refractivity contribution is 7.99. The van der Waals surface area contributed by atoms with Gasteiger partial charge >= 0.3 is 0 Å². The van der Waals surface area contributed by atoms with Gasteiger partial charge in [-0.2, -0.15) is 16.9 Å². The van der Waals surface area contributed by atoms with Gasteiger partial charge < -0.3 is 4.57 Å². The van der Waals surface area contributed by atoms with Gasteiger partial charge in [-0.3, -0.25) is 4.90 Å². The largest absolute Gasteiger partial charge is 0.300 e. The van der Waals surface area contributed by atoms with Gasteiger partial charge in [0.05, 0.1) is 6.67 Å². The van der Waals surface area contributed by atoms with Crippen LogP contribution in [0.4, 0.5) is 0 Å². The first-order chi connectivity index (χ1) is 10.7. The smallest absolute Gasteiger partial charge is 0.199 e. The molecule has 2 aromatic rings. The van der Waals surface area contributed by atoms with Gasteiger partial charge in [-0.25, -0.2) is 4.68 Å². The third kappa shape index (κ3) is 3.29. The topological polar surface area (TPSA) is 26.0 Å². The highest BCUT2D eigenvalue weighted by Gasteiger charge is 2.15.